The first kappa shape index (κ1) is 16.5. The zero-order chi connectivity index (χ0) is 15.7. The number of sulfonamides is 1. The van der Waals surface area contributed by atoms with E-state index in [2.05, 4.69) is 10.0 Å². The van der Waals surface area contributed by atoms with Crippen LogP contribution in [0.5, 0.6) is 0 Å². The molecule has 1 aliphatic rings. The molecule has 0 bridgehead atoms. The summed E-state index contributed by atoms with van der Waals surface area (Å²) < 4.78 is 38.1. The van der Waals surface area contributed by atoms with Gasteiger partial charge in [0.2, 0.25) is 5.09 Å². The van der Waals surface area contributed by atoms with Crippen LogP contribution in [0.3, 0.4) is 0 Å². The molecule has 0 aromatic carbocycles. The Balaban J connectivity index is 2.04. The minimum Gasteiger partial charge on any atom is -0.447 e. The van der Waals surface area contributed by atoms with Gasteiger partial charge in [0, 0.05) is 18.6 Å². The van der Waals surface area contributed by atoms with E-state index in [0.717, 1.165) is 6.54 Å². The monoisotopic (exact) mass is 316 g/mol. The van der Waals surface area contributed by atoms with Crippen LogP contribution in [0.2, 0.25) is 0 Å². The molecule has 1 saturated carbocycles. The molecule has 7 heteroatoms. The van der Waals surface area contributed by atoms with Crippen molar-refractivity contribution in [2.24, 2.45) is 5.41 Å². The van der Waals surface area contributed by atoms with Crippen LogP contribution in [0.15, 0.2) is 21.6 Å². The highest BCUT2D eigenvalue weighted by molar-refractivity contribution is 7.89. The predicted molar refractivity (Wildman–Crippen MR) is 79.4 cm³/mol. The third kappa shape index (κ3) is 3.31. The van der Waals surface area contributed by atoms with Crippen molar-refractivity contribution in [2.45, 2.75) is 51.0 Å². The molecule has 1 aromatic heterocycles. The lowest BCUT2D eigenvalue weighted by Crippen LogP contribution is -2.61. The minimum absolute atomic E-state index is 0.0351. The summed E-state index contributed by atoms with van der Waals surface area (Å²) in [5.41, 5.74) is -0.221. The maximum atomic E-state index is 12.3. The van der Waals surface area contributed by atoms with Gasteiger partial charge in [-0.25, -0.2) is 13.1 Å². The van der Waals surface area contributed by atoms with Crippen molar-refractivity contribution in [1.82, 2.24) is 10.0 Å². The molecule has 0 spiro atoms. The maximum Gasteiger partial charge on any atom is 0.274 e. The van der Waals surface area contributed by atoms with Gasteiger partial charge >= 0.3 is 0 Å². The van der Waals surface area contributed by atoms with Gasteiger partial charge in [0.15, 0.2) is 0 Å². The summed E-state index contributed by atoms with van der Waals surface area (Å²) in [4.78, 5) is 0. The Hall–Kier alpha value is -0.890. The summed E-state index contributed by atoms with van der Waals surface area (Å²) in [6.07, 6.45) is 0.749. The van der Waals surface area contributed by atoms with Crippen molar-refractivity contribution in [3.8, 4) is 0 Å². The van der Waals surface area contributed by atoms with E-state index in [0.29, 0.717) is 18.7 Å². The van der Waals surface area contributed by atoms with Gasteiger partial charge in [0.05, 0.1) is 12.6 Å². The molecule has 0 amide bonds. The molecule has 1 heterocycles. The molecule has 0 saturated heterocycles. The number of furan rings is 1. The molecule has 2 rings (SSSR count). The van der Waals surface area contributed by atoms with E-state index < -0.39 is 10.0 Å². The number of rotatable bonds is 7. The van der Waals surface area contributed by atoms with Crippen LogP contribution in [0.4, 0.5) is 0 Å². The topological polar surface area (TPSA) is 80.6 Å². The minimum atomic E-state index is -3.63. The summed E-state index contributed by atoms with van der Waals surface area (Å²) in [7, 11) is -1.98. The quantitative estimate of drug-likeness (QED) is 0.796. The van der Waals surface area contributed by atoms with E-state index >= 15 is 0 Å². The molecule has 1 aromatic rings. The fourth-order valence-corrected chi connectivity index (χ4v) is 3.93. The van der Waals surface area contributed by atoms with Crippen LogP contribution in [0.25, 0.3) is 0 Å². The molecule has 1 aliphatic carbocycles. The second kappa shape index (κ2) is 6.08. The highest BCUT2D eigenvalue weighted by Gasteiger charge is 2.50. The fourth-order valence-electron chi connectivity index (χ4n) is 2.58. The predicted octanol–water partition coefficient (Wildman–Crippen LogP) is 1.48. The number of methoxy groups -OCH3 is 1. The average molecular weight is 316 g/mol. The summed E-state index contributed by atoms with van der Waals surface area (Å²) >= 11 is 0. The lowest BCUT2D eigenvalue weighted by Gasteiger charge is -2.50. The third-order valence-electron chi connectivity index (χ3n) is 4.21. The van der Waals surface area contributed by atoms with E-state index in [1.165, 1.54) is 6.07 Å². The normalized spacial score (nSPS) is 24.8. The van der Waals surface area contributed by atoms with Crippen molar-refractivity contribution in [1.29, 1.82) is 0 Å². The van der Waals surface area contributed by atoms with Gasteiger partial charge in [-0.15, -0.1) is 0 Å². The molecule has 2 N–H and O–H groups in total. The van der Waals surface area contributed by atoms with Crippen LogP contribution in [-0.4, -0.2) is 34.2 Å². The Morgan fingerprint density at radius 3 is 2.71 bits per heavy atom. The number of ether oxygens (including phenoxy) is 1. The van der Waals surface area contributed by atoms with Crippen molar-refractivity contribution >= 4 is 10.0 Å². The summed E-state index contributed by atoms with van der Waals surface area (Å²) in [6, 6.07) is 3.03. The van der Waals surface area contributed by atoms with Crippen LogP contribution in [0, 0.1) is 5.41 Å². The fraction of sp³-hybridized carbons (Fsp3) is 0.714. The van der Waals surface area contributed by atoms with Crippen LogP contribution in [0.1, 0.15) is 33.0 Å². The molecule has 0 aliphatic heterocycles. The summed E-state index contributed by atoms with van der Waals surface area (Å²) in [5.74, 6) is 0.611. The molecule has 0 radical (unpaired) electrons. The number of hydrogen-bond donors (Lipinski definition) is 2. The maximum absolute atomic E-state index is 12.3. The van der Waals surface area contributed by atoms with Gasteiger partial charge < -0.3 is 14.5 Å². The van der Waals surface area contributed by atoms with E-state index in [1.54, 1.807) is 13.2 Å². The van der Waals surface area contributed by atoms with Crippen LogP contribution in [-0.2, 0) is 21.3 Å². The molecule has 120 valence electrons. The lowest BCUT2D eigenvalue weighted by molar-refractivity contribution is -0.0909. The highest BCUT2D eigenvalue weighted by Crippen LogP contribution is 2.43. The standard InChI is InChI=1S/C14H24N2O4S/c1-5-15-9-10-6-7-13(20-10)21(17,18)16-11-8-12(19-4)14(11,2)3/h6-7,11-12,15-16H,5,8-9H2,1-4H3. The van der Waals surface area contributed by atoms with Crippen molar-refractivity contribution in [2.75, 3.05) is 13.7 Å². The Morgan fingerprint density at radius 2 is 2.14 bits per heavy atom. The zero-order valence-electron chi connectivity index (χ0n) is 13.0. The van der Waals surface area contributed by atoms with E-state index in [1.807, 2.05) is 20.8 Å². The van der Waals surface area contributed by atoms with Gasteiger partial charge in [-0.1, -0.05) is 20.8 Å². The smallest absolute Gasteiger partial charge is 0.274 e. The first-order chi connectivity index (χ1) is 9.81. The zero-order valence-corrected chi connectivity index (χ0v) is 13.8. The Kier molecular flexibility index (Phi) is 4.77. The molecular weight excluding hydrogens is 292 g/mol. The Labute approximate surface area is 126 Å². The van der Waals surface area contributed by atoms with E-state index in [9.17, 15) is 8.42 Å². The first-order valence-corrected chi connectivity index (χ1v) is 8.64. The summed E-state index contributed by atoms with van der Waals surface area (Å²) in [6.45, 7) is 7.29. The highest BCUT2D eigenvalue weighted by atomic mass is 32.2. The lowest BCUT2D eigenvalue weighted by atomic mass is 9.65. The van der Waals surface area contributed by atoms with E-state index in [-0.39, 0.29) is 22.7 Å². The van der Waals surface area contributed by atoms with Gasteiger partial charge in [0.25, 0.3) is 10.0 Å². The number of hydrogen-bond acceptors (Lipinski definition) is 5. The van der Waals surface area contributed by atoms with Crippen molar-refractivity contribution in [3.63, 3.8) is 0 Å². The molecule has 6 nitrogen and oxygen atoms in total. The van der Waals surface area contributed by atoms with Crippen molar-refractivity contribution in [3.05, 3.63) is 17.9 Å². The largest absolute Gasteiger partial charge is 0.447 e. The SMILES string of the molecule is CCNCc1ccc(S(=O)(=O)NC2CC(OC)C2(C)C)o1. The van der Waals surface area contributed by atoms with Gasteiger partial charge in [-0.05, 0) is 25.1 Å². The summed E-state index contributed by atoms with van der Waals surface area (Å²) in [5, 5.41) is 3.06. The van der Waals surface area contributed by atoms with Gasteiger partial charge in [-0.3, -0.25) is 0 Å². The molecule has 2 unspecified atom stereocenters. The van der Waals surface area contributed by atoms with Crippen LogP contribution >= 0.6 is 0 Å². The Bertz CT molecular complexity index is 580. The van der Waals surface area contributed by atoms with E-state index in [4.69, 9.17) is 9.15 Å². The first-order valence-electron chi connectivity index (χ1n) is 7.15. The second-order valence-corrected chi connectivity index (χ2v) is 7.60. The second-order valence-electron chi connectivity index (χ2n) is 5.96. The molecule has 1 fully saturated rings. The molecule has 2 atom stereocenters. The van der Waals surface area contributed by atoms with Gasteiger partial charge in [0.1, 0.15) is 5.76 Å². The van der Waals surface area contributed by atoms with Gasteiger partial charge in [-0.2, -0.15) is 0 Å². The molecule has 21 heavy (non-hydrogen) atoms. The average Bonchev–Trinajstić information content (AvgIpc) is 2.90. The number of nitrogens with one attached hydrogen (secondary N) is 2. The third-order valence-corrected chi connectivity index (χ3v) is 5.55. The van der Waals surface area contributed by atoms with Crippen molar-refractivity contribution < 1.29 is 17.6 Å². The van der Waals surface area contributed by atoms with Crippen LogP contribution < -0.4 is 10.0 Å². The Morgan fingerprint density at radius 1 is 1.43 bits per heavy atom. The molecular formula is C14H24N2O4S.